The van der Waals surface area contributed by atoms with Gasteiger partial charge in [-0.3, -0.25) is 10.2 Å². The van der Waals surface area contributed by atoms with Crippen LogP contribution in [0.2, 0.25) is 0 Å². The molecule has 2 aromatic carbocycles. The zero-order valence-electron chi connectivity index (χ0n) is 19.0. The van der Waals surface area contributed by atoms with Crippen LogP contribution in [0.15, 0.2) is 48.7 Å². The van der Waals surface area contributed by atoms with Crippen molar-refractivity contribution in [3.63, 3.8) is 0 Å². The van der Waals surface area contributed by atoms with Crippen LogP contribution in [-0.2, 0) is 10.9 Å². The smallest absolute Gasteiger partial charge is 0.420 e. The molecule has 0 aliphatic carbocycles. The van der Waals surface area contributed by atoms with Crippen LogP contribution in [0.3, 0.4) is 0 Å². The predicted octanol–water partition coefficient (Wildman–Crippen LogP) is 4.05. The molecule has 0 fully saturated rings. The highest BCUT2D eigenvalue weighted by molar-refractivity contribution is 6.09. The Kier molecular flexibility index (Phi) is 9.23. The minimum absolute atomic E-state index is 0.0551. The molecule has 9 nitrogen and oxygen atoms in total. The van der Waals surface area contributed by atoms with Gasteiger partial charge in [0.2, 0.25) is 0 Å². The Bertz CT molecular complexity index is 1120. The molecule has 0 heterocycles. The number of carbonyl (C=O) groups is 2. The minimum atomic E-state index is -4.91. The number of rotatable bonds is 10. The van der Waals surface area contributed by atoms with Crippen molar-refractivity contribution in [3.8, 4) is 17.2 Å². The lowest BCUT2D eigenvalue weighted by Crippen LogP contribution is -2.28. The fraction of sp³-hybridized carbons (Fsp3) is 0.261. The highest BCUT2D eigenvalue weighted by Gasteiger charge is 2.35. The first-order chi connectivity index (χ1) is 16.4. The maximum atomic E-state index is 13.6. The first-order valence-electron chi connectivity index (χ1n) is 10.1. The molecule has 0 saturated heterocycles. The van der Waals surface area contributed by atoms with Gasteiger partial charge in [0.1, 0.15) is 29.2 Å². The predicted molar refractivity (Wildman–Crippen MR) is 120 cm³/mol. The normalized spacial score (nSPS) is 12.2. The van der Waals surface area contributed by atoms with E-state index in [-0.39, 0.29) is 29.5 Å². The van der Waals surface area contributed by atoms with Crippen LogP contribution in [0.4, 0.5) is 13.2 Å². The van der Waals surface area contributed by atoms with Gasteiger partial charge in [0, 0.05) is 25.8 Å². The number of carboxylic acid groups (broad SMARTS) is 1. The van der Waals surface area contributed by atoms with Crippen molar-refractivity contribution in [1.29, 1.82) is 5.41 Å². The molecule has 188 valence electrons. The van der Waals surface area contributed by atoms with Gasteiger partial charge in [-0.1, -0.05) is 0 Å². The summed E-state index contributed by atoms with van der Waals surface area (Å²) in [6.07, 6.45) is -2.67. The van der Waals surface area contributed by atoms with Crippen LogP contribution in [0, 0.1) is 5.41 Å². The second-order valence-electron chi connectivity index (χ2n) is 7.18. The number of amidine groups is 1. The van der Waals surface area contributed by atoms with Crippen molar-refractivity contribution in [1.82, 2.24) is 10.6 Å². The van der Waals surface area contributed by atoms with Crippen molar-refractivity contribution in [2.24, 2.45) is 0 Å². The second-order valence-corrected chi connectivity index (χ2v) is 7.18. The lowest BCUT2D eigenvalue weighted by Gasteiger charge is -2.18. The summed E-state index contributed by atoms with van der Waals surface area (Å²) in [6.45, 7) is 1.88. The third-order valence-electron chi connectivity index (χ3n) is 4.31. The lowest BCUT2D eigenvalue weighted by molar-refractivity contribution is -0.138. The van der Waals surface area contributed by atoms with Gasteiger partial charge >= 0.3 is 12.1 Å². The number of halogens is 3. The van der Waals surface area contributed by atoms with Crippen LogP contribution in [0.5, 0.6) is 17.2 Å². The number of carboxylic acids is 1. The third-order valence-corrected chi connectivity index (χ3v) is 4.31. The van der Waals surface area contributed by atoms with E-state index in [1.807, 2.05) is 0 Å². The summed E-state index contributed by atoms with van der Waals surface area (Å²) in [5, 5.41) is 21.8. The molecular weight excluding hydrogens is 471 g/mol. The molecule has 1 atom stereocenters. The van der Waals surface area contributed by atoms with Crippen molar-refractivity contribution in [3.05, 3.63) is 65.4 Å². The molecule has 35 heavy (non-hydrogen) atoms. The zero-order valence-corrected chi connectivity index (χ0v) is 19.0. The van der Waals surface area contributed by atoms with Crippen molar-refractivity contribution < 1.29 is 42.1 Å². The van der Waals surface area contributed by atoms with Gasteiger partial charge in [-0.2, -0.15) is 13.2 Å². The fourth-order valence-electron chi connectivity index (χ4n) is 2.83. The highest BCUT2D eigenvalue weighted by atomic mass is 19.4. The van der Waals surface area contributed by atoms with Crippen LogP contribution >= 0.6 is 0 Å². The van der Waals surface area contributed by atoms with Gasteiger partial charge in [-0.15, -0.1) is 0 Å². The lowest BCUT2D eigenvalue weighted by atomic mass is 10.1. The number of alkyl halides is 3. The maximum absolute atomic E-state index is 13.6. The molecule has 4 N–H and O–H groups in total. The highest BCUT2D eigenvalue weighted by Crippen LogP contribution is 2.39. The Balaban J connectivity index is 2.48. The minimum Gasteiger partial charge on any atom is -0.488 e. The number of carbonyl (C=O) groups excluding carboxylic acids is 1. The van der Waals surface area contributed by atoms with E-state index in [0.717, 1.165) is 12.1 Å². The molecule has 12 heteroatoms. The van der Waals surface area contributed by atoms with E-state index in [2.05, 4.69) is 10.6 Å². The van der Waals surface area contributed by atoms with E-state index in [1.54, 1.807) is 14.0 Å². The Hall–Kier alpha value is -4.06. The average Bonchev–Trinajstić information content (AvgIpc) is 2.77. The number of amides is 1. The van der Waals surface area contributed by atoms with Crippen LogP contribution in [0.25, 0.3) is 0 Å². The maximum Gasteiger partial charge on any atom is 0.420 e. The van der Waals surface area contributed by atoms with Gasteiger partial charge in [0.25, 0.3) is 5.91 Å². The molecule has 0 aromatic heterocycles. The van der Waals surface area contributed by atoms with E-state index < -0.39 is 41.0 Å². The van der Waals surface area contributed by atoms with E-state index in [9.17, 15) is 22.8 Å². The van der Waals surface area contributed by atoms with Gasteiger partial charge in [0.05, 0.1) is 17.7 Å². The Morgan fingerprint density at radius 2 is 1.83 bits per heavy atom. The molecule has 2 aromatic rings. The quantitative estimate of drug-likeness (QED) is 0.289. The molecule has 0 unspecified atom stereocenters. The first kappa shape index (κ1) is 27.2. The Morgan fingerprint density at radius 1 is 1.14 bits per heavy atom. The number of benzene rings is 2. The number of aromatic carboxylic acids is 1. The topological polar surface area (TPSA) is 130 Å². The monoisotopic (exact) mass is 495 g/mol. The second kappa shape index (κ2) is 11.9. The van der Waals surface area contributed by atoms with Gasteiger partial charge in [-0.05, 0) is 49.5 Å². The average molecular weight is 495 g/mol. The van der Waals surface area contributed by atoms with Gasteiger partial charge in [-0.25, -0.2) is 4.79 Å². The molecule has 0 bridgehead atoms. The summed E-state index contributed by atoms with van der Waals surface area (Å²) in [4.78, 5) is 23.8. The molecule has 0 aliphatic rings. The Labute approximate surface area is 199 Å². The summed E-state index contributed by atoms with van der Waals surface area (Å²) >= 11 is 0. The largest absolute Gasteiger partial charge is 0.488 e. The van der Waals surface area contributed by atoms with Crippen molar-refractivity contribution in [2.45, 2.75) is 19.2 Å². The molecule has 2 rings (SSSR count). The summed E-state index contributed by atoms with van der Waals surface area (Å²) in [5.74, 6) is -3.25. The third kappa shape index (κ3) is 8.03. The molecule has 0 radical (unpaired) electrons. The fourth-order valence-corrected chi connectivity index (χ4v) is 2.83. The van der Waals surface area contributed by atoms with Crippen molar-refractivity contribution in [2.75, 3.05) is 20.8 Å². The molecule has 0 saturated carbocycles. The molecule has 1 amide bonds. The number of hydrogen-bond donors (Lipinski definition) is 4. The van der Waals surface area contributed by atoms with Crippen molar-refractivity contribution >= 4 is 17.7 Å². The number of hydrogen-bond acceptors (Lipinski definition) is 7. The number of nitrogens with one attached hydrogen (secondary N) is 3. The molecular formula is C23H24F3N3O6. The zero-order chi connectivity index (χ0) is 26.2. The van der Waals surface area contributed by atoms with E-state index in [4.69, 9.17) is 24.7 Å². The van der Waals surface area contributed by atoms with Gasteiger partial charge in [0.15, 0.2) is 0 Å². The first-order valence-corrected chi connectivity index (χ1v) is 10.1. The Morgan fingerprint density at radius 3 is 2.43 bits per heavy atom. The van der Waals surface area contributed by atoms with Gasteiger partial charge < -0.3 is 30.0 Å². The number of methoxy groups -OCH3 is 1. The van der Waals surface area contributed by atoms with E-state index >= 15 is 0 Å². The summed E-state index contributed by atoms with van der Waals surface area (Å²) in [7, 11) is 3.07. The van der Waals surface area contributed by atoms with E-state index in [0.29, 0.717) is 6.07 Å². The van der Waals surface area contributed by atoms with Crippen LogP contribution in [0.1, 0.15) is 33.2 Å². The number of ether oxygens (including phenoxy) is 3. The SMILES string of the molecule is CN/C=C\C(=N)NC(=O)c1cc(Oc2ccc(C(=O)O)cc2C(F)(F)F)cc(O[C@@H](C)COC)c1. The molecule has 0 spiro atoms. The summed E-state index contributed by atoms with van der Waals surface area (Å²) in [6, 6.07) is 6.09. The standard InChI is InChI=1S/C23H24F3N3O6/c1-13(12-33-3)34-16-8-15(21(30)29-20(27)6-7-28-2)9-17(11-16)35-19-5-4-14(22(31)32)10-18(19)23(24,25)26/h4-11,13,28H,12H2,1-3H3,(H,31,32)(H2,27,29,30)/b7-6-/t13-/m0/s1. The van der Waals surface area contributed by atoms with E-state index in [1.165, 1.54) is 37.6 Å². The van der Waals surface area contributed by atoms with Crippen LogP contribution in [-0.4, -0.2) is 49.7 Å². The summed E-state index contributed by atoms with van der Waals surface area (Å²) < 4.78 is 56.8. The molecule has 0 aliphatic heterocycles. The van der Waals surface area contributed by atoms with Crippen LogP contribution < -0.4 is 20.1 Å². The summed E-state index contributed by atoms with van der Waals surface area (Å²) in [5.41, 5.74) is -1.93.